The zero-order valence-electron chi connectivity index (χ0n) is 27.3. The lowest BCUT2D eigenvalue weighted by molar-refractivity contribution is -0.166. The molecule has 1 aromatic rings. The summed E-state index contributed by atoms with van der Waals surface area (Å²) in [6.45, 7) is 19.7. The van der Waals surface area contributed by atoms with Crippen molar-refractivity contribution >= 4 is 29.9 Å². The van der Waals surface area contributed by atoms with Crippen LogP contribution in [0.3, 0.4) is 0 Å². The first-order valence-electron chi connectivity index (χ1n) is 16.3. The van der Waals surface area contributed by atoms with E-state index in [9.17, 15) is 4.79 Å². The van der Waals surface area contributed by atoms with Gasteiger partial charge in [-0.25, -0.2) is 0 Å². The molecule has 3 fully saturated rings. The molecule has 0 saturated heterocycles. The number of nitrogens with zero attached hydrogens (tertiary/aromatic N) is 1. The van der Waals surface area contributed by atoms with Crippen molar-refractivity contribution in [2.24, 2.45) is 44.8 Å². The normalized spacial score (nSPS) is 41.0. The molecule has 7 atom stereocenters. The number of aromatic nitrogens is 2. The lowest BCUT2D eigenvalue weighted by atomic mass is 9.33. The van der Waals surface area contributed by atoms with Crippen LogP contribution in [0.4, 0.5) is 5.82 Å². The van der Waals surface area contributed by atoms with E-state index in [1.165, 1.54) is 24.1 Å². The van der Waals surface area contributed by atoms with Crippen molar-refractivity contribution in [1.82, 2.24) is 10.2 Å². The lowest BCUT2D eigenvalue weighted by Gasteiger charge is -2.70. The predicted octanol–water partition coefficient (Wildman–Crippen LogP) is 8.20. The summed E-state index contributed by atoms with van der Waals surface area (Å²) in [6, 6.07) is 0. The monoisotopic (exact) mass is 598 g/mol. The molecule has 4 N–H and O–H groups in total. The fraction of sp³-hybridized carbons (Fsp3) is 0.800. The van der Waals surface area contributed by atoms with Crippen LogP contribution in [-0.2, 0) is 21.4 Å². The maximum atomic E-state index is 14.2. The number of nitrogens with two attached hydrogens (primary N) is 1. The largest absolute Gasteiger partial charge is 0.481 e. The smallest absolute Gasteiger partial charge is 0.187 e. The Hall–Kier alpha value is -1.82. The van der Waals surface area contributed by atoms with Crippen molar-refractivity contribution in [3.8, 4) is 0 Å². The molecule has 6 rings (SSSR count). The van der Waals surface area contributed by atoms with Crippen LogP contribution in [-0.4, -0.2) is 28.5 Å². The Morgan fingerprint density at radius 1 is 1.07 bits per heavy atom. The first-order chi connectivity index (χ1) is 19.1. The third-order valence-electron chi connectivity index (χ3n) is 14.1. The molecule has 42 heavy (non-hydrogen) atoms. The number of nitrogen functional groups attached to an aromatic ring is 1. The van der Waals surface area contributed by atoms with E-state index in [4.69, 9.17) is 15.9 Å². The highest BCUT2D eigenvalue weighted by atomic mass is 35.5. The van der Waals surface area contributed by atoms with Crippen LogP contribution in [0, 0.1) is 50.2 Å². The van der Waals surface area contributed by atoms with Gasteiger partial charge in [0.25, 0.3) is 0 Å². The highest BCUT2D eigenvalue weighted by Crippen LogP contribution is 2.75. The zero-order valence-corrected chi connectivity index (χ0v) is 28.2. The third-order valence-corrected chi connectivity index (χ3v) is 14.1. The third kappa shape index (κ3) is 4.05. The molecule has 0 radical (unpaired) electrons. The molecule has 1 aromatic heterocycles. The molecule has 1 heterocycles. The predicted molar refractivity (Wildman–Crippen MR) is 172 cm³/mol. The Labute approximate surface area is 259 Å². The SMILES string of the molecule is CCOC(=N)CC(=O)[C@]12CCC(C)(C)CC1C1=CCC3[C@@]4(C)Cc5c(N)n[nH]c5C(C)(C)C4CC[C@@]3(C)[C@]1(C)CC2.Cl. The number of ether oxygens (including phenoxy) is 1. The van der Waals surface area contributed by atoms with Gasteiger partial charge in [0, 0.05) is 22.1 Å². The Bertz CT molecular complexity index is 1310. The molecule has 3 unspecified atom stereocenters. The number of H-pyrrole nitrogens is 1. The van der Waals surface area contributed by atoms with Gasteiger partial charge in [-0.15, -0.1) is 12.4 Å². The number of anilines is 1. The average Bonchev–Trinajstić information content (AvgIpc) is 3.24. The molecule has 0 aromatic carbocycles. The van der Waals surface area contributed by atoms with Gasteiger partial charge in [-0.05, 0) is 104 Å². The molecular formula is C35H55ClN4O2. The molecule has 0 aliphatic heterocycles. The summed E-state index contributed by atoms with van der Waals surface area (Å²) in [5, 5.41) is 16.1. The van der Waals surface area contributed by atoms with E-state index in [-0.39, 0.29) is 68.9 Å². The van der Waals surface area contributed by atoms with Crippen molar-refractivity contribution in [1.29, 1.82) is 5.41 Å². The van der Waals surface area contributed by atoms with Crippen LogP contribution in [0.1, 0.15) is 124 Å². The number of Topliss-reactive ketones (excluding diaryl/α,β-unsaturated/α-hetero) is 1. The number of nitrogens with one attached hydrogen (secondary N) is 2. The van der Waals surface area contributed by atoms with Crippen LogP contribution < -0.4 is 5.73 Å². The van der Waals surface area contributed by atoms with E-state index in [0.29, 0.717) is 24.3 Å². The van der Waals surface area contributed by atoms with E-state index in [1.54, 1.807) is 5.57 Å². The number of fused-ring (bicyclic) bond motifs is 8. The molecular weight excluding hydrogens is 544 g/mol. The Balaban J connectivity index is 0.00000353. The first kappa shape index (κ1) is 31.6. The Morgan fingerprint density at radius 3 is 2.45 bits per heavy atom. The van der Waals surface area contributed by atoms with Crippen LogP contribution in [0.25, 0.3) is 0 Å². The molecule has 7 heteroatoms. The second kappa shape index (κ2) is 9.84. The average molecular weight is 599 g/mol. The van der Waals surface area contributed by atoms with Crippen LogP contribution >= 0.6 is 12.4 Å². The molecule has 234 valence electrons. The van der Waals surface area contributed by atoms with E-state index in [2.05, 4.69) is 64.7 Å². The van der Waals surface area contributed by atoms with Gasteiger partial charge < -0.3 is 10.5 Å². The van der Waals surface area contributed by atoms with Crippen molar-refractivity contribution < 1.29 is 9.53 Å². The summed E-state index contributed by atoms with van der Waals surface area (Å²) >= 11 is 0. The number of carbonyl (C=O) groups is 1. The number of aromatic amines is 1. The van der Waals surface area contributed by atoms with E-state index >= 15 is 0 Å². The molecule has 6 nitrogen and oxygen atoms in total. The summed E-state index contributed by atoms with van der Waals surface area (Å²) < 4.78 is 5.47. The number of hydrogen-bond donors (Lipinski definition) is 3. The summed E-state index contributed by atoms with van der Waals surface area (Å²) in [7, 11) is 0. The number of allylic oxidation sites excluding steroid dienone is 2. The number of ketones is 1. The van der Waals surface area contributed by atoms with Gasteiger partial charge >= 0.3 is 0 Å². The minimum Gasteiger partial charge on any atom is -0.481 e. The molecule has 0 amide bonds. The van der Waals surface area contributed by atoms with Gasteiger partial charge in [-0.2, -0.15) is 5.10 Å². The molecule has 5 aliphatic rings. The van der Waals surface area contributed by atoms with Gasteiger partial charge in [0.05, 0.1) is 13.0 Å². The van der Waals surface area contributed by atoms with Crippen LogP contribution in [0.15, 0.2) is 11.6 Å². The zero-order chi connectivity index (χ0) is 29.8. The van der Waals surface area contributed by atoms with Gasteiger partial charge in [0.2, 0.25) is 0 Å². The van der Waals surface area contributed by atoms with Gasteiger partial charge in [-0.1, -0.05) is 60.1 Å². The molecule has 5 aliphatic carbocycles. The fourth-order valence-corrected chi connectivity index (χ4v) is 11.7. The number of hydrogen-bond acceptors (Lipinski definition) is 5. The summed E-state index contributed by atoms with van der Waals surface area (Å²) in [5.74, 6) is 2.45. The minimum atomic E-state index is -0.360. The number of halogens is 1. The number of rotatable bonds is 4. The van der Waals surface area contributed by atoms with E-state index in [1.807, 2.05) is 6.92 Å². The highest BCUT2D eigenvalue weighted by molar-refractivity contribution is 6.00. The second-order valence-electron chi connectivity index (χ2n) is 16.7. The second-order valence-corrected chi connectivity index (χ2v) is 16.7. The quantitative estimate of drug-likeness (QED) is 0.184. The van der Waals surface area contributed by atoms with Crippen molar-refractivity contribution in [3.63, 3.8) is 0 Å². The van der Waals surface area contributed by atoms with E-state index < -0.39 is 0 Å². The van der Waals surface area contributed by atoms with Gasteiger partial charge in [0.1, 0.15) is 11.6 Å². The summed E-state index contributed by atoms with van der Waals surface area (Å²) in [6.07, 6.45) is 12.3. The topological polar surface area (TPSA) is 105 Å². The summed E-state index contributed by atoms with van der Waals surface area (Å²) in [5.41, 5.74) is 10.8. The van der Waals surface area contributed by atoms with Gasteiger partial charge in [-0.3, -0.25) is 15.3 Å². The molecule has 0 spiro atoms. The summed E-state index contributed by atoms with van der Waals surface area (Å²) in [4.78, 5) is 14.2. The lowest BCUT2D eigenvalue weighted by Crippen LogP contribution is -2.64. The van der Waals surface area contributed by atoms with Crippen molar-refractivity contribution in [2.45, 2.75) is 125 Å². The molecule has 0 bridgehead atoms. The Kier molecular flexibility index (Phi) is 7.40. The van der Waals surface area contributed by atoms with Crippen molar-refractivity contribution in [3.05, 3.63) is 22.9 Å². The highest BCUT2D eigenvalue weighted by Gasteiger charge is 2.69. The van der Waals surface area contributed by atoms with Gasteiger partial charge in [0.15, 0.2) is 5.90 Å². The number of carbonyl (C=O) groups excluding carboxylic acids is 1. The minimum absolute atomic E-state index is 0. The maximum absolute atomic E-state index is 14.2. The fourth-order valence-electron chi connectivity index (χ4n) is 11.7. The van der Waals surface area contributed by atoms with Crippen molar-refractivity contribution in [2.75, 3.05) is 12.3 Å². The first-order valence-corrected chi connectivity index (χ1v) is 16.3. The molecule has 3 saturated carbocycles. The van der Waals surface area contributed by atoms with Crippen LogP contribution in [0.5, 0.6) is 0 Å². The Morgan fingerprint density at radius 2 is 1.76 bits per heavy atom. The van der Waals surface area contributed by atoms with Crippen LogP contribution in [0.2, 0.25) is 0 Å². The standard InChI is InChI=1S/C35H54N4O2.ClH/c1-9-41-27(36)18-26(40)35-16-14-30(2,3)20-23(35)22-10-11-25-32(6)19-21-28(38-39-29(21)37)31(4,5)24(32)12-13-34(25,8)33(22,7)15-17-35;/h10,23-25,36H,9,11-20H2,1-8H3,(H3,37,38,39);1H/t23?,24?,25?,32-,33+,34+,35-;/m0./s1. The van der Waals surface area contributed by atoms with E-state index in [0.717, 1.165) is 44.9 Å². The maximum Gasteiger partial charge on any atom is 0.187 e.